The smallest absolute Gasteiger partial charge is 0.417 e. The van der Waals surface area contributed by atoms with Crippen LogP contribution in [-0.4, -0.2) is 42.2 Å². The molecule has 2 heterocycles. The van der Waals surface area contributed by atoms with E-state index in [2.05, 4.69) is 15.2 Å². The molecule has 4 aromatic rings. The Kier molecular flexibility index (Phi) is 6.86. The SMILES string of the molecule is O=C(Nc1ccc(Oc2ccc3ncc(N4CCOCC4)nc3c2)cc1)c1ccc(Cl)c(C(F)(F)F)c1. The molecule has 5 rings (SSSR count). The second kappa shape index (κ2) is 10.2. The molecule has 1 amide bonds. The number of fused-ring (bicyclic) bond motifs is 1. The van der Waals surface area contributed by atoms with E-state index in [0.29, 0.717) is 35.9 Å². The first-order chi connectivity index (χ1) is 17.8. The van der Waals surface area contributed by atoms with Crippen molar-refractivity contribution in [2.45, 2.75) is 6.18 Å². The van der Waals surface area contributed by atoms with Crippen molar-refractivity contribution in [2.24, 2.45) is 0 Å². The summed E-state index contributed by atoms with van der Waals surface area (Å²) in [5, 5.41) is 2.10. The second-order valence-corrected chi connectivity index (χ2v) is 8.66. The Labute approximate surface area is 214 Å². The number of carbonyl (C=O) groups excluding carboxylic acids is 1. The van der Waals surface area contributed by atoms with Crippen LogP contribution in [-0.2, 0) is 10.9 Å². The van der Waals surface area contributed by atoms with Crippen molar-refractivity contribution in [3.05, 3.63) is 83.0 Å². The van der Waals surface area contributed by atoms with Crippen molar-refractivity contribution in [1.29, 1.82) is 0 Å². The van der Waals surface area contributed by atoms with E-state index in [1.807, 2.05) is 6.07 Å². The molecule has 37 heavy (non-hydrogen) atoms. The molecule has 1 aliphatic rings. The van der Waals surface area contributed by atoms with Gasteiger partial charge in [0.2, 0.25) is 0 Å². The highest BCUT2D eigenvalue weighted by Crippen LogP contribution is 2.35. The Hall–Kier alpha value is -3.89. The number of nitrogens with one attached hydrogen (secondary N) is 1. The molecule has 0 saturated carbocycles. The van der Waals surface area contributed by atoms with Gasteiger partial charge in [0, 0.05) is 30.4 Å². The Morgan fingerprint density at radius 1 is 0.973 bits per heavy atom. The van der Waals surface area contributed by atoms with Gasteiger partial charge in [-0.15, -0.1) is 0 Å². The van der Waals surface area contributed by atoms with Gasteiger partial charge in [0.25, 0.3) is 5.91 Å². The van der Waals surface area contributed by atoms with Gasteiger partial charge in [0.05, 0.1) is 41.0 Å². The van der Waals surface area contributed by atoms with Crippen LogP contribution < -0.4 is 15.0 Å². The Morgan fingerprint density at radius 3 is 2.43 bits per heavy atom. The number of amides is 1. The highest BCUT2D eigenvalue weighted by molar-refractivity contribution is 6.31. The number of nitrogens with zero attached hydrogens (tertiary/aromatic N) is 3. The third-order valence-electron chi connectivity index (χ3n) is 5.72. The largest absolute Gasteiger partial charge is 0.457 e. The summed E-state index contributed by atoms with van der Waals surface area (Å²) in [4.78, 5) is 23.8. The van der Waals surface area contributed by atoms with Crippen LogP contribution in [0.25, 0.3) is 11.0 Å². The summed E-state index contributed by atoms with van der Waals surface area (Å²) in [5.74, 6) is 1.13. The zero-order chi connectivity index (χ0) is 26.0. The number of halogens is 4. The van der Waals surface area contributed by atoms with Gasteiger partial charge >= 0.3 is 6.18 Å². The number of aromatic nitrogens is 2. The predicted octanol–water partition coefficient (Wildman–Crippen LogP) is 6.18. The van der Waals surface area contributed by atoms with Crippen LogP contribution in [0.2, 0.25) is 5.02 Å². The van der Waals surface area contributed by atoms with E-state index in [-0.39, 0.29) is 5.56 Å². The highest BCUT2D eigenvalue weighted by atomic mass is 35.5. The predicted molar refractivity (Wildman–Crippen MR) is 133 cm³/mol. The maximum Gasteiger partial charge on any atom is 0.417 e. The van der Waals surface area contributed by atoms with Gasteiger partial charge in [0.1, 0.15) is 17.3 Å². The quantitative estimate of drug-likeness (QED) is 0.333. The molecular formula is C26H20ClF3N4O3. The van der Waals surface area contributed by atoms with Crippen molar-refractivity contribution in [3.8, 4) is 11.5 Å². The fourth-order valence-electron chi connectivity index (χ4n) is 3.82. The molecule has 1 saturated heterocycles. The van der Waals surface area contributed by atoms with Crippen LogP contribution in [0, 0.1) is 0 Å². The molecule has 0 aliphatic carbocycles. The van der Waals surface area contributed by atoms with E-state index in [0.717, 1.165) is 36.6 Å². The van der Waals surface area contributed by atoms with Crippen LogP contribution in [0.3, 0.4) is 0 Å². The van der Waals surface area contributed by atoms with Crippen LogP contribution in [0.4, 0.5) is 24.7 Å². The van der Waals surface area contributed by atoms with Crippen molar-refractivity contribution in [2.75, 3.05) is 36.5 Å². The van der Waals surface area contributed by atoms with Gasteiger partial charge in [0.15, 0.2) is 0 Å². The first-order valence-electron chi connectivity index (χ1n) is 11.3. The van der Waals surface area contributed by atoms with E-state index in [1.165, 1.54) is 6.07 Å². The van der Waals surface area contributed by atoms with E-state index >= 15 is 0 Å². The first kappa shape index (κ1) is 24.8. The number of morpholine rings is 1. The summed E-state index contributed by atoms with van der Waals surface area (Å²) in [5.41, 5.74) is 0.582. The molecule has 1 N–H and O–H groups in total. The monoisotopic (exact) mass is 528 g/mol. The molecule has 3 aromatic carbocycles. The number of hydrogen-bond acceptors (Lipinski definition) is 6. The molecule has 7 nitrogen and oxygen atoms in total. The maximum absolute atomic E-state index is 13.1. The second-order valence-electron chi connectivity index (χ2n) is 8.25. The van der Waals surface area contributed by atoms with Crippen molar-refractivity contribution in [1.82, 2.24) is 9.97 Å². The molecule has 1 fully saturated rings. The zero-order valence-electron chi connectivity index (χ0n) is 19.3. The molecule has 0 unspecified atom stereocenters. The summed E-state index contributed by atoms with van der Waals surface area (Å²) >= 11 is 5.63. The Bertz CT molecular complexity index is 1440. The third kappa shape index (κ3) is 5.76. The van der Waals surface area contributed by atoms with Gasteiger partial charge in [-0.3, -0.25) is 9.78 Å². The van der Waals surface area contributed by atoms with Gasteiger partial charge < -0.3 is 19.7 Å². The standard InChI is InChI=1S/C26H20ClF3N4O3/c27-21-7-1-16(13-20(21)26(28,29)30)25(35)32-17-2-4-18(5-3-17)37-19-6-8-22-23(14-19)33-24(15-31-22)34-9-11-36-12-10-34/h1-8,13-15H,9-12H2,(H,32,35). The molecule has 11 heteroatoms. The summed E-state index contributed by atoms with van der Waals surface area (Å²) in [6.45, 7) is 2.79. The molecule has 0 bridgehead atoms. The average Bonchev–Trinajstić information content (AvgIpc) is 2.89. The lowest BCUT2D eigenvalue weighted by molar-refractivity contribution is -0.137. The van der Waals surface area contributed by atoms with Gasteiger partial charge in [-0.25, -0.2) is 4.98 Å². The Morgan fingerprint density at radius 2 is 1.70 bits per heavy atom. The van der Waals surface area contributed by atoms with Crippen LogP contribution in [0.15, 0.2) is 66.9 Å². The number of rotatable bonds is 5. The highest BCUT2D eigenvalue weighted by Gasteiger charge is 2.33. The minimum atomic E-state index is -4.66. The average molecular weight is 529 g/mol. The van der Waals surface area contributed by atoms with E-state index in [1.54, 1.807) is 42.6 Å². The summed E-state index contributed by atoms with van der Waals surface area (Å²) in [7, 11) is 0. The van der Waals surface area contributed by atoms with Crippen LogP contribution in [0.5, 0.6) is 11.5 Å². The minimum Gasteiger partial charge on any atom is -0.457 e. The molecule has 190 valence electrons. The van der Waals surface area contributed by atoms with E-state index < -0.39 is 22.7 Å². The number of alkyl halides is 3. The third-order valence-corrected chi connectivity index (χ3v) is 6.05. The minimum absolute atomic E-state index is 0.161. The molecule has 0 atom stereocenters. The fraction of sp³-hybridized carbons (Fsp3) is 0.192. The topological polar surface area (TPSA) is 76.6 Å². The normalized spacial score (nSPS) is 14.0. The lowest BCUT2D eigenvalue weighted by Crippen LogP contribution is -2.36. The molecular weight excluding hydrogens is 509 g/mol. The first-order valence-corrected chi connectivity index (χ1v) is 11.7. The number of anilines is 2. The fourth-order valence-corrected chi connectivity index (χ4v) is 4.04. The van der Waals surface area contributed by atoms with Gasteiger partial charge in [-0.1, -0.05) is 11.6 Å². The maximum atomic E-state index is 13.1. The zero-order valence-corrected chi connectivity index (χ0v) is 20.0. The molecule has 1 aliphatic heterocycles. The van der Waals surface area contributed by atoms with Crippen LogP contribution in [0.1, 0.15) is 15.9 Å². The number of hydrogen-bond donors (Lipinski definition) is 1. The number of benzene rings is 3. The Balaban J connectivity index is 1.27. The van der Waals surface area contributed by atoms with Crippen molar-refractivity contribution >= 4 is 40.0 Å². The molecule has 1 aromatic heterocycles. The number of carbonyl (C=O) groups is 1. The lowest BCUT2D eigenvalue weighted by atomic mass is 10.1. The van der Waals surface area contributed by atoms with E-state index in [4.69, 9.17) is 26.1 Å². The summed E-state index contributed by atoms with van der Waals surface area (Å²) < 4.78 is 50.6. The molecule has 0 radical (unpaired) electrons. The van der Waals surface area contributed by atoms with Crippen molar-refractivity contribution in [3.63, 3.8) is 0 Å². The van der Waals surface area contributed by atoms with Gasteiger partial charge in [-0.05, 0) is 54.6 Å². The van der Waals surface area contributed by atoms with Crippen molar-refractivity contribution < 1.29 is 27.4 Å². The van der Waals surface area contributed by atoms with E-state index in [9.17, 15) is 18.0 Å². The lowest BCUT2D eigenvalue weighted by Gasteiger charge is -2.27. The number of ether oxygens (including phenoxy) is 2. The van der Waals surface area contributed by atoms with Gasteiger partial charge in [-0.2, -0.15) is 13.2 Å². The van der Waals surface area contributed by atoms with Crippen LogP contribution >= 0.6 is 11.6 Å². The molecule has 0 spiro atoms. The summed E-state index contributed by atoms with van der Waals surface area (Å²) in [6.07, 6.45) is -2.92. The summed E-state index contributed by atoms with van der Waals surface area (Å²) in [6, 6.07) is 14.8.